The number of rotatable bonds is 7. The fourth-order valence-electron chi connectivity index (χ4n) is 2.80. The molecule has 0 fully saturated rings. The zero-order valence-corrected chi connectivity index (χ0v) is 16.9. The lowest BCUT2D eigenvalue weighted by Crippen LogP contribution is -2.30. The highest BCUT2D eigenvalue weighted by atomic mass is 35.5. The molecule has 5 nitrogen and oxygen atoms in total. The van der Waals surface area contributed by atoms with Crippen molar-refractivity contribution >= 4 is 17.5 Å². The van der Waals surface area contributed by atoms with Crippen molar-refractivity contribution in [2.75, 3.05) is 13.2 Å². The van der Waals surface area contributed by atoms with Crippen LogP contribution in [0.2, 0.25) is 5.02 Å². The summed E-state index contributed by atoms with van der Waals surface area (Å²) in [4.78, 5) is 24.5. The SMILES string of the molecule is O=C(NCCOc1cccc(C(F)(F)F)c1)c1ccc(=O)n(Cc2ccccc2Cl)c1. The molecule has 9 heteroatoms. The topological polar surface area (TPSA) is 60.3 Å². The van der Waals surface area contributed by atoms with Gasteiger partial charge in [-0.1, -0.05) is 35.9 Å². The van der Waals surface area contributed by atoms with E-state index < -0.39 is 17.6 Å². The van der Waals surface area contributed by atoms with Crippen molar-refractivity contribution in [2.45, 2.75) is 12.7 Å². The number of nitrogens with one attached hydrogen (secondary N) is 1. The highest BCUT2D eigenvalue weighted by molar-refractivity contribution is 6.31. The molecule has 0 radical (unpaired) electrons. The highest BCUT2D eigenvalue weighted by Gasteiger charge is 2.30. The van der Waals surface area contributed by atoms with Crippen molar-refractivity contribution in [3.63, 3.8) is 0 Å². The van der Waals surface area contributed by atoms with E-state index in [2.05, 4.69) is 5.32 Å². The molecule has 2 aromatic carbocycles. The molecule has 0 aliphatic carbocycles. The molecular weight excluding hydrogens is 433 g/mol. The lowest BCUT2D eigenvalue weighted by atomic mass is 10.2. The Morgan fingerprint density at radius 3 is 2.58 bits per heavy atom. The van der Waals surface area contributed by atoms with Gasteiger partial charge in [-0.3, -0.25) is 9.59 Å². The summed E-state index contributed by atoms with van der Waals surface area (Å²) in [5, 5.41) is 3.12. The number of ether oxygens (including phenoxy) is 1. The van der Waals surface area contributed by atoms with Crippen LogP contribution in [0.25, 0.3) is 0 Å². The van der Waals surface area contributed by atoms with Gasteiger partial charge < -0.3 is 14.6 Å². The Bertz CT molecular complexity index is 1130. The van der Waals surface area contributed by atoms with E-state index in [1.807, 2.05) is 0 Å². The summed E-state index contributed by atoms with van der Waals surface area (Å²) in [7, 11) is 0. The number of nitrogens with zero attached hydrogens (tertiary/aromatic N) is 1. The molecule has 1 amide bonds. The molecule has 1 aromatic heterocycles. The quantitative estimate of drug-likeness (QED) is 0.543. The van der Waals surface area contributed by atoms with E-state index in [1.165, 1.54) is 35.0 Å². The molecule has 0 aliphatic heterocycles. The lowest BCUT2D eigenvalue weighted by Gasteiger charge is -2.12. The number of amides is 1. The fourth-order valence-corrected chi connectivity index (χ4v) is 2.99. The van der Waals surface area contributed by atoms with Gasteiger partial charge in [0, 0.05) is 17.3 Å². The minimum atomic E-state index is -4.46. The molecule has 0 saturated heterocycles. The standard InChI is InChI=1S/C22H18ClF3N2O3/c23-19-7-2-1-4-15(19)13-28-14-16(8-9-20(28)29)21(30)27-10-11-31-18-6-3-5-17(12-18)22(24,25)26/h1-9,12,14H,10-11,13H2,(H,27,30). The summed E-state index contributed by atoms with van der Waals surface area (Å²) >= 11 is 6.13. The second-order valence-corrected chi connectivity index (χ2v) is 7.01. The third-order valence-corrected chi connectivity index (χ3v) is 4.73. The van der Waals surface area contributed by atoms with E-state index in [0.29, 0.717) is 5.02 Å². The molecule has 0 aliphatic rings. The van der Waals surface area contributed by atoms with E-state index in [0.717, 1.165) is 17.7 Å². The minimum Gasteiger partial charge on any atom is -0.492 e. The monoisotopic (exact) mass is 450 g/mol. The number of halogens is 4. The van der Waals surface area contributed by atoms with Crippen molar-refractivity contribution in [2.24, 2.45) is 0 Å². The van der Waals surface area contributed by atoms with Crippen molar-refractivity contribution < 1.29 is 22.7 Å². The summed E-state index contributed by atoms with van der Waals surface area (Å²) in [5.74, 6) is -0.391. The van der Waals surface area contributed by atoms with Gasteiger partial charge in [0.25, 0.3) is 11.5 Å². The van der Waals surface area contributed by atoms with Gasteiger partial charge in [-0.2, -0.15) is 13.2 Å². The Kier molecular flexibility index (Phi) is 7.02. The lowest BCUT2D eigenvalue weighted by molar-refractivity contribution is -0.137. The first kappa shape index (κ1) is 22.4. The van der Waals surface area contributed by atoms with E-state index in [-0.39, 0.29) is 36.6 Å². The smallest absolute Gasteiger partial charge is 0.416 e. The van der Waals surface area contributed by atoms with Crippen LogP contribution in [0.1, 0.15) is 21.5 Å². The van der Waals surface area contributed by atoms with Crippen molar-refractivity contribution in [3.05, 3.63) is 98.9 Å². The largest absolute Gasteiger partial charge is 0.492 e. The first-order chi connectivity index (χ1) is 14.7. The molecule has 0 bridgehead atoms. The van der Waals surface area contributed by atoms with Crippen LogP contribution in [0.15, 0.2) is 71.7 Å². The Labute approximate surface area is 181 Å². The number of carbonyl (C=O) groups excluding carboxylic acids is 1. The van der Waals surface area contributed by atoms with Crippen LogP contribution in [0.5, 0.6) is 5.75 Å². The molecule has 0 saturated carbocycles. The Balaban J connectivity index is 1.58. The van der Waals surface area contributed by atoms with Gasteiger partial charge >= 0.3 is 6.18 Å². The Morgan fingerprint density at radius 1 is 1.06 bits per heavy atom. The van der Waals surface area contributed by atoms with Gasteiger partial charge in [0.05, 0.1) is 24.2 Å². The van der Waals surface area contributed by atoms with E-state index in [4.69, 9.17) is 16.3 Å². The van der Waals surface area contributed by atoms with Crippen molar-refractivity contribution in [1.82, 2.24) is 9.88 Å². The van der Waals surface area contributed by atoms with Crippen LogP contribution in [-0.2, 0) is 12.7 Å². The molecule has 3 rings (SSSR count). The maximum Gasteiger partial charge on any atom is 0.416 e. The van der Waals surface area contributed by atoms with Crippen LogP contribution >= 0.6 is 11.6 Å². The average molecular weight is 451 g/mol. The molecule has 3 aromatic rings. The highest BCUT2D eigenvalue weighted by Crippen LogP contribution is 2.31. The van der Waals surface area contributed by atoms with Crippen molar-refractivity contribution in [3.8, 4) is 5.75 Å². The number of pyridine rings is 1. The fraction of sp³-hybridized carbons (Fsp3) is 0.182. The normalized spacial score (nSPS) is 11.2. The van der Waals surface area contributed by atoms with Gasteiger partial charge in [0.1, 0.15) is 12.4 Å². The summed E-state index contributed by atoms with van der Waals surface area (Å²) in [6, 6.07) is 14.3. The molecule has 1 N–H and O–H groups in total. The van der Waals surface area contributed by atoms with Gasteiger partial charge in [0.2, 0.25) is 0 Å². The number of carbonyl (C=O) groups is 1. The van der Waals surface area contributed by atoms with Gasteiger partial charge in [-0.15, -0.1) is 0 Å². The number of benzene rings is 2. The van der Waals surface area contributed by atoms with Crippen molar-refractivity contribution in [1.29, 1.82) is 0 Å². The second-order valence-electron chi connectivity index (χ2n) is 6.61. The maximum atomic E-state index is 12.7. The molecule has 31 heavy (non-hydrogen) atoms. The molecule has 0 spiro atoms. The number of alkyl halides is 3. The van der Waals surface area contributed by atoms with E-state index in [9.17, 15) is 22.8 Å². The van der Waals surface area contributed by atoms with Crippen LogP contribution in [-0.4, -0.2) is 23.6 Å². The summed E-state index contributed by atoms with van der Waals surface area (Å²) in [6.45, 7) is 0.253. The summed E-state index contributed by atoms with van der Waals surface area (Å²) < 4.78 is 44.8. The third-order valence-electron chi connectivity index (χ3n) is 4.36. The van der Waals surface area contributed by atoms with Gasteiger partial charge in [-0.25, -0.2) is 0 Å². The predicted octanol–water partition coefficient (Wildman–Crippen LogP) is 4.38. The third kappa shape index (κ3) is 6.11. The zero-order chi connectivity index (χ0) is 22.4. The Morgan fingerprint density at radius 2 is 1.84 bits per heavy atom. The molecule has 1 heterocycles. The van der Waals surface area contributed by atoms with Crippen LogP contribution in [0.3, 0.4) is 0 Å². The van der Waals surface area contributed by atoms with Crippen LogP contribution < -0.4 is 15.6 Å². The number of aromatic nitrogens is 1. The summed E-state index contributed by atoms with van der Waals surface area (Å²) in [6.07, 6.45) is -3.03. The minimum absolute atomic E-state index is 0.0215. The first-order valence-corrected chi connectivity index (χ1v) is 9.64. The second kappa shape index (κ2) is 9.70. The molecular formula is C22H18ClF3N2O3. The molecule has 162 valence electrons. The van der Waals surface area contributed by atoms with E-state index in [1.54, 1.807) is 24.3 Å². The Hall–Kier alpha value is -3.26. The molecule has 0 unspecified atom stereocenters. The summed E-state index contributed by atoms with van der Waals surface area (Å²) in [5.41, 5.74) is -0.108. The zero-order valence-electron chi connectivity index (χ0n) is 16.2. The predicted molar refractivity (Wildman–Crippen MR) is 111 cm³/mol. The molecule has 0 atom stereocenters. The maximum absolute atomic E-state index is 12.7. The average Bonchev–Trinajstić information content (AvgIpc) is 2.74. The van der Waals surface area contributed by atoms with Crippen LogP contribution in [0.4, 0.5) is 13.2 Å². The van der Waals surface area contributed by atoms with Crippen LogP contribution in [0, 0.1) is 0 Å². The van der Waals surface area contributed by atoms with E-state index >= 15 is 0 Å². The number of hydrogen-bond acceptors (Lipinski definition) is 3. The first-order valence-electron chi connectivity index (χ1n) is 9.26. The van der Waals surface area contributed by atoms with Gasteiger partial charge in [0.15, 0.2) is 0 Å². The van der Waals surface area contributed by atoms with Gasteiger partial charge in [-0.05, 0) is 35.9 Å². The number of hydrogen-bond donors (Lipinski definition) is 1.